The minimum Gasteiger partial charge on any atom is -0.360 e. The van der Waals surface area contributed by atoms with Crippen LogP contribution >= 0.6 is 11.6 Å². The lowest BCUT2D eigenvalue weighted by atomic mass is 10.2. The smallest absolute Gasteiger partial charge is 0.161 e. The van der Waals surface area contributed by atoms with E-state index >= 15 is 0 Å². The van der Waals surface area contributed by atoms with E-state index in [0.717, 1.165) is 36.6 Å². The van der Waals surface area contributed by atoms with Crippen LogP contribution in [0.1, 0.15) is 30.1 Å². The van der Waals surface area contributed by atoms with E-state index in [9.17, 15) is 0 Å². The van der Waals surface area contributed by atoms with Crippen LogP contribution < -0.4 is 4.90 Å². The normalized spacial score (nSPS) is 23.2. The topological polar surface area (TPSA) is 62.0 Å². The second kappa shape index (κ2) is 4.95. The van der Waals surface area contributed by atoms with E-state index in [1.165, 1.54) is 0 Å². The molecule has 1 atom stereocenters. The van der Waals surface area contributed by atoms with Crippen LogP contribution in [-0.2, 0) is 4.74 Å². The fourth-order valence-electron chi connectivity index (χ4n) is 2.25. The second-order valence-corrected chi connectivity index (χ2v) is 5.39. The van der Waals surface area contributed by atoms with Gasteiger partial charge in [-0.05, 0) is 19.8 Å². The minimum atomic E-state index is -0.397. The molecule has 0 radical (unpaired) electrons. The Morgan fingerprint density at radius 2 is 2.21 bits per heavy atom. The molecule has 1 unspecified atom stereocenters. The van der Waals surface area contributed by atoms with Crippen molar-refractivity contribution in [2.24, 2.45) is 0 Å². The van der Waals surface area contributed by atoms with Gasteiger partial charge in [0.2, 0.25) is 0 Å². The van der Waals surface area contributed by atoms with Gasteiger partial charge in [-0.2, -0.15) is 5.26 Å². The zero-order chi connectivity index (χ0) is 13.4. The Bertz CT molecular complexity index is 538. The van der Waals surface area contributed by atoms with E-state index in [4.69, 9.17) is 21.6 Å². The van der Waals surface area contributed by atoms with Gasteiger partial charge < -0.3 is 9.64 Å². The summed E-state index contributed by atoms with van der Waals surface area (Å²) in [7, 11) is 0. The van der Waals surface area contributed by atoms with E-state index in [-0.39, 0.29) is 0 Å². The lowest BCUT2D eigenvalue weighted by molar-refractivity contribution is 0.0761. The summed E-state index contributed by atoms with van der Waals surface area (Å²) in [6, 6.07) is 2.15. The predicted molar refractivity (Wildman–Crippen MR) is 71.3 cm³/mol. The summed E-state index contributed by atoms with van der Waals surface area (Å²) >= 11 is 6.21. The van der Waals surface area contributed by atoms with E-state index in [2.05, 4.69) is 20.9 Å². The van der Waals surface area contributed by atoms with Crippen LogP contribution in [0.4, 0.5) is 5.82 Å². The molecule has 0 N–H and O–H groups in total. The van der Waals surface area contributed by atoms with Crippen molar-refractivity contribution in [3.8, 4) is 6.07 Å². The Morgan fingerprint density at radius 1 is 1.42 bits per heavy atom. The number of anilines is 1. The van der Waals surface area contributed by atoms with E-state index in [0.29, 0.717) is 24.2 Å². The third kappa shape index (κ3) is 2.51. The predicted octanol–water partition coefficient (Wildman–Crippen LogP) is 2.04. The van der Waals surface area contributed by atoms with Gasteiger partial charge in [0.1, 0.15) is 16.8 Å². The van der Waals surface area contributed by atoms with E-state index in [1.54, 1.807) is 0 Å². The lowest BCUT2D eigenvalue weighted by Crippen LogP contribution is -2.42. The summed E-state index contributed by atoms with van der Waals surface area (Å²) < 4.78 is 5.36. The van der Waals surface area contributed by atoms with Crippen LogP contribution in [-0.4, -0.2) is 35.8 Å². The molecule has 0 aromatic carbocycles. The highest BCUT2D eigenvalue weighted by Crippen LogP contribution is 2.40. The summed E-state index contributed by atoms with van der Waals surface area (Å²) in [5, 5.41) is 9.49. The molecule has 2 heterocycles. The van der Waals surface area contributed by atoms with Crippen molar-refractivity contribution >= 4 is 17.4 Å². The van der Waals surface area contributed by atoms with Gasteiger partial charge in [-0.15, -0.1) is 0 Å². The fourth-order valence-corrected chi connectivity index (χ4v) is 2.42. The maximum absolute atomic E-state index is 8.97. The van der Waals surface area contributed by atoms with Crippen LogP contribution in [0.25, 0.3) is 0 Å². The second-order valence-electron chi connectivity index (χ2n) is 5.03. The molecular formula is C13H15ClN4O. The number of rotatable bonds is 2. The van der Waals surface area contributed by atoms with Crippen molar-refractivity contribution in [2.75, 3.05) is 24.6 Å². The zero-order valence-electron chi connectivity index (χ0n) is 10.8. The number of nitrogens with zero attached hydrogens (tertiary/aromatic N) is 4. The summed E-state index contributed by atoms with van der Waals surface area (Å²) in [5.74, 6) is 2.15. The summed E-state index contributed by atoms with van der Waals surface area (Å²) in [6.45, 7) is 3.73. The van der Waals surface area contributed by atoms with Crippen molar-refractivity contribution in [1.82, 2.24) is 9.97 Å². The molecule has 1 aliphatic heterocycles. The lowest BCUT2D eigenvalue weighted by Gasteiger charge is -2.31. The standard InChI is InChI=1S/C13H15ClN4O/c1-8-11(14)16-12(9-2-3-9)17-13(8)18-4-5-19-10(6-15)7-18/h9-10H,2-5,7H2,1H3. The highest BCUT2D eigenvalue weighted by atomic mass is 35.5. The van der Waals surface area contributed by atoms with Gasteiger partial charge in [0.05, 0.1) is 19.2 Å². The monoisotopic (exact) mass is 278 g/mol. The molecule has 2 fully saturated rings. The number of aromatic nitrogens is 2. The van der Waals surface area contributed by atoms with Crippen LogP contribution in [0.3, 0.4) is 0 Å². The van der Waals surface area contributed by atoms with Gasteiger partial charge >= 0.3 is 0 Å². The molecule has 1 aromatic heterocycles. The number of nitriles is 1. The van der Waals surface area contributed by atoms with Gasteiger partial charge in [-0.1, -0.05) is 11.6 Å². The molecule has 0 amide bonds. The quantitative estimate of drug-likeness (QED) is 0.775. The first kappa shape index (κ1) is 12.6. The molecule has 3 rings (SSSR count). The number of halogens is 1. The highest BCUT2D eigenvalue weighted by molar-refractivity contribution is 6.30. The third-order valence-corrected chi connectivity index (χ3v) is 3.90. The molecule has 1 aromatic rings. The number of morpholine rings is 1. The van der Waals surface area contributed by atoms with Crippen molar-refractivity contribution in [3.05, 3.63) is 16.5 Å². The first-order valence-corrected chi connectivity index (χ1v) is 6.87. The molecule has 5 nitrogen and oxygen atoms in total. The molecule has 19 heavy (non-hydrogen) atoms. The molecule has 2 aliphatic rings. The SMILES string of the molecule is Cc1c(Cl)nc(C2CC2)nc1N1CCOC(C#N)C1. The zero-order valence-corrected chi connectivity index (χ0v) is 11.5. The van der Waals surface area contributed by atoms with Gasteiger partial charge in [0.25, 0.3) is 0 Å². The largest absolute Gasteiger partial charge is 0.360 e. The van der Waals surface area contributed by atoms with Crippen molar-refractivity contribution < 1.29 is 4.74 Å². The van der Waals surface area contributed by atoms with Gasteiger partial charge in [-0.25, -0.2) is 9.97 Å². The Kier molecular flexibility index (Phi) is 3.29. The highest BCUT2D eigenvalue weighted by Gasteiger charge is 2.30. The fraction of sp³-hybridized carbons (Fsp3) is 0.615. The molecule has 0 spiro atoms. The summed E-state index contributed by atoms with van der Waals surface area (Å²) in [6.07, 6.45) is 1.89. The Hall–Kier alpha value is -1.38. The maximum Gasteiger partial charge on any atom is 0.161 e. The van der Waals surface area contributed by atoms with Gasteiger partial charge in [-0.3, -0.25) is 0 Å². The van der Waals surface area contributed by atoms with Crippen LogP contribution in [0.5, 0.6) is 0 Å². The third-order valence-electron chi connectivity index (χ3n) is 3.53. The molecule has 6 heteroatoms. The molecule has 1 saturated carbocycles. The summed E-state index contributed by atoms with van der Waals surface area (Å²) in [4.78, 5) is 11.1. The van der Waals surface area contributed by atoms with E-state index < -0.39 is 6.10 Å². The number of ether oxygens (including phenoxy) is 1. The Morgan fingerprint density at radius 3 is 2.89 bits per heavy atom. The van der Waals surface area contributed by atoms with Crippen LogP contribution in [0.2, 0.25) is 5.15 Å². The Labute approximate surface area is 117 Å². The first-order chi connectivity index (χ1) is 9.19. The number of hydrogen-bond acceptors (Lipinski definition) is 5. The first-order valence-electron chi connectivity index (χ1n) is 6.49. The van der Waals surface area contributed by atoms with Crippen molar-refractivity contribution in [1.29, 1.82) is 5.26 Å². The van der Waals surface area contributed by atoms with Crippen molar-refractivity contribution in [2.45, 2.75) is 31.8 Å². The Balaban J connectivity index is 1.92. The molecule has 1 aliphatic carbocycles. The maximum atomic E-state index is 8.97. The van der Waals surface area contributed by atoms with Gasteiger partial charge in [0, 0.05) is 18.0 Å². The van der Waals surface area contributed by atoms with E-state index in [1.807, 2.05) is 6.92 Å². The molecule has 0 bridgehead atoms. The molecule has 1 saturated heterocycles. The van der Waals surface area contributed by atoms with Gasteiger partial charge in [0.15, 0.2) is 6.10 Å². The number of hydrogen-bond donors (Lipinski definition) is 0. The van der Waals surface area contributed by atoms with Crippen molar-refractivity contribution in [3.63, 3.8) is 0 Å². The minimum absolute atomic E-state index is 0.397. The van der Waals surface area contributed by atoms with Crippen LogP contribution in [0.15, 0.2) is 0 Å². The molecule has 100 valence electrons. The average Bonchev–Trinajstić information content (AvgIpc) is 3.26. The van der Waals surface area contributed by atoms with Crippen LogP contribution in [0, 0.1) is 18.3 Å². The molecular weight excluding hydrogens is 264 g/mol. The average molecular weight is 279 g/mol. The summed E-state index contributed by atoms with van der Waals surface area (Å²) in [5.41, 5.74) is 0.879.